The predicted octanol–water partition coefficient (Wildman–Crippen LogP) is 11.8. The van der Waals surface area contributed by atoms with Crippen molar-refractivity contribution in [3.63, 3.8) is 0 Å². The van der Waals surface area contributed by atoms with Crippen LogP contribution in [0.1, 0.15) is 0 Å². The smallest absolute Gasteiger partial charge is 0.238 e. The zero-order chi connectivity index (χ0) is 36.0. The van der Waals surface area contributed by atoms with Crippen LogP contribution in [0.2, 0.25) is 0 Å². The lowest BCUT2D eigenvalue weighted by molar-refractivity contribution is 0.654. The maximum Gasteiger partial charge on any atom is 0.238 e. The maximum atomic E-state index is 6.20. The summed E-state index contributed by atoms with van der Waals surface area (Å²) in [6.45, 7) is 0. The molecule has 7 heteroatoms. The molecule has 55 heavy (non-hydrogen) atoms. The zero-order valence-electron chi connectivity index (χ0n) is 29.3. The molecular formula is C48H28N6O. The van der Waals surface area contributed by atoms with Crippen LogP contribution >= 0.6 is 0 Å². The molecular weight excluding hydrogens is 677 g/mol. The third-order valence-electron chi connectivity index (χ3n) is 10.8. The second-order valence-corrected chi connectivity index (χ2v) is 13.9. The van der Waals surface area contributed by atoms with Gasteiger partial charge in [-0.3, -0.25) is 4.57 Å². The number of furan rings is 1. The van der Waals surface area contributed by atoms with Crippen molar-refractivity contribution in [3.05, 3.63) is 170 Å². The van der Waals surface area contributed by atoms with Crippen LogP contribution in [0.15, 0.2) is 174 Å². The number of para-hydroxylation sites is 3. The van der Waals surface area contributed by atoms with Crippen LogP contribution < -0.4 is 0 Å². The van der Waals surface area contributed by atoms with Gasteiger partial charge in [0, 0.05) is 55.3 Å². The molecule has 0 aliphatic rings. The lowest BCUT2D eigenvalue weighted by atomic mass is 10.1. The van der Waals surface area contributed by atoms with E-state index >= 15 is 0 Å². The van der Waals surface area contributed by atoms with Crippen molar-refractivity contribution in [1.29, 1.82) is 0 Å². The van der Waals surface area contributed by atoms with Gasteiger partial charge in [-0.15, -0.1) is 0 Å². The van der Waals surface area contributed by atoms with E-state index < -0.39 is 0 Å². The Kier molecular flexibility index (Phi) is 6.21. The van der Waals surface area contributed by atoms with Crippen LogP contribution in [0.25, 0.3) is 111 Å². The van der Waals surface area contributed by atoms with Gasteiger partial charge in [0.25, 0.3) is 0 Å². The first-order valence-corrected chi connectivity index (χ1v) is 18.3. The summed E-state index contributed by atoms with van der Waals surface area (Å²) in [6.07, 6.45) is 1.75. The Labute approximate surface area is 313 Å². The van der Waals surface area contributed by atoms with E-state index in [1.165, 1.54) is 21.8 Å². The molecule has 0 aliphatic carbocycles. The van der Waals surface area contributed by atoms with Crippen LogP contribution in [0.4, 0.5) is 0 Å². The Morgan fingerprint density at radius 2 is 1.09 bits per heavy atom. The van der Waals surface area contributed by atoms with Gasteiger partial charge in [0.1, 0.15) is 5.58 Å². The Morgan fingerprint density at radius 1 is 0.436 bits per heavy atom. The molecule has 0 unspecified atom stereocenters. The van der Waals surface area contributed by atoms with Crippen molar-refractivity contribution in [1.82, 2.24) is 29.1 Å². The standard InChI is InChI=1S/C48H28N6O/c1-2-12-30-27-31(23-22-29(30)11-1)45-50-46(36-16-9-21-43-44(36)37-17-10-26-49-47(37)55-43)52-48(51-45)54-41-20-8-5-15-35(41)38-28-32(24-25-42(38)54)53-39-18-6-3-13-33(39)34-14-4-7-19-40(34)53/h1-28H. The Morgan fingerprint density at radius 3 is 1.89 bits per heavy atom. The average Bonchev–Trinajstić information content (AvgIpc) is 3.91. The van der Waals surface area contributed by atoms with E-state index in [-0.39, 0.29) is 0 Å². The van der Waals surface area contributed by atoms with E-state index in [0.717, 1.165) is 65.7 Å². The Hall–Kier alpha value is -7.64. The van der Waals surface area contributed by atoms with E-state index in [9.17, 15) is 0 Å². The summed E-state index contributed by atoms with van der Waals surface area (Å²) in [6, 6.07) is 57.1. The Balaban J connectivity index is 1.14. The number of fused-ring (bicyclic) bond motifs is 10. The molecule has 0 aliphatic heterocycles. The molecule has 0 saturated carbocycles. The van der Waals surface area contributed by atoms with Crippen molar-refractivity contribution in [2.45, 2.75) is 0 Å². The molecule has 0 radical (unpaired) electrons. The third-order valence-corrected chi connectivity index (χ3v) is 10.8. The molecule has 5 aromatic heterocycles. The highest BCUT2D eigenvalue weighted by Gasteiger charge is 2.22. The fraction of sp³-hybridized carbons (Fsp3) is 0. The first-order chi connectivity index (χ1) is 27.3. The number of hydrogen-bond donors (Lipinski definition) is 0. The van der Waals surface area contributed by atoms with Gasteiger partial charge in [0.05, 0.1) is 22.1 Å². The normalized spacial score (nSPS) is 12.0. The fourth-order valence-electron chi connectivity index (χ4n) is 8.41. The molecule has 0 spiro atoms. The third kappa shape index (κ3) is 4.44. The van der Waals surface area contributed by atoms with Crippen LogP contribution in [0, 0.1) is 0 Å². The first kappa shape index (κ1) is 29.9. The van der Waals surface area contributed by atoms with Crippen LogP contribution in [0.3, 0.4) is 0 Å². The lowest BCUT2D eigenvalue weighted by Gasteiger charge is -2.12. The minimum atomic E-state index is 0.534. The van der Waals surface area contributed by atoms with Gasteiger partial charge in [-0.1, -0.05) is 103 Å². The number of rotatable bonds is 4. The van der Waals surface area contributed by atoms with E-state index in [1.54, 1.807) is 6.20 Å². The van der Waals surface area contributed by atoms with E-state index in [2.05, 4.69) is 154 Å². The molecule has 0 bridgehead atoms. The van der Waals surface area contributed by atoms with Crippen LogP contribution in [0.5, 0.6) is 0 Å². The van der Waals surface area contributed by atoms with E-state index in [1.807, 2.05) is 24.3 Å². The van der Waals surface area contributed by atoms with Gasteiger partial charge in [-0.2, -0.15) is 9.97 Å². The Bertz CT molecular complexity index is 3460. The van der Waals surface area contributed by atoms with Gasteiger partial charge in [-0.05, 0) is 71.4 Å². The molecule has 0 N–H and O–H groups in total. The lowest BCUT2D eigenvalue weighted by Crippen LogP contribution is -2.06. The van der Waals surface area contributed by atoms with E-state index in [0.29, 0.717) is 23.3 Å². The average molecular weight is 705 g/mol. The summed E-state index contributed by atoms with van der Waals surface area (Å²) in [7, 11) is 0. The maximum absolute atomic E-state index is 6.20. The summed E-state index contributed by atoms with van der Waals surface area (Å²) in [4.78, 5) is 20.3. The van der Waals surface area contributed by atoms with Gasteiger partial charge in [0.15, 0.2) is 11.6 Å². The highest BCUT2D eigenvalue weighted by atomic mass is 16.3. The van der Waals surface area contributed by atoms with Crippen molar-refractivity contribution in [3.8, 4) is 34.4 Å². The van der Waals surface area contributed by atoms with Crippen molar-refractivity contribution in [2.75, 3.05) is 0 Å². The molecule has 0 fully saturated rings. The molecule has 0 amide bonds. The van der Waals surface area contributed by atoms with Gasteiger partial charge in [0.2, 0.25) is 11.7 Å². The fourth-order valence-corrected chi connectivity index (χ4v) is 8.41. The molecule has 256 valence electrons. The number of nitrogens with zero attached hydrogens (tertiary/aromatic N) is 6. The van der Waals surface area contributed by atoms with Gasteiger partial charge < -0.3 is 8.98 Å². The summed E-state index contributed by atoms with van der Waals surface area (Å²) in [5.41, 5.74) is 8.51. The minimum absolute atomic E-state index is 0.534. The highest BCUT2D eigenvalue weighted by Crippen LogP contribution is 2.39. The number of pyridine rings is 1. The topological polar surface area (TPSA) is 74.6 Å². The summed E-state index contributed by atoms with van der Waals surface area (Å²) < 4.78 is 10.7. The monoisotopic (exact) mass is 704 g/mol. The SMILES string of the molecule is c1ccc2cc(-c3nc(-c4cccc5oc6ncccc6c45)nc(-n4c5ccccc5c5cc(-n6c7ccccc7c7ccccc76)ccc54)n3)ccc2c1. The quantitative estimate of drug-likeness (QED) is 0.182. The molecule has 5 heterocycles. The molecule has 7 nitrogen and oxygen atoms in total. The second-order valence-electron chi connectivity index (χ2n) is 13.9. The van der Waals surface area contributed by atoms with Gasteiger partial charge >= 0.3 is 0 Å². The van der Waals surface area contributed by atoms with Crippen LogP contribution in [-0.4, -0.2) is 29.1 Å². The predicted molar refractivity (Wildman–Crippen MR) is 222 cm³/mol. The second kappa shape index (κ2) is 11.4. The number of hydrogen-bond acceptors (Lipinski definition) is 5. The summed E-state index contributed by atoms with van der Waals surface area (Å²) in [5, 5.41) is 8.80. The van der Waals surface area contributed by atoms with E-state index in [4.69, 9.17) is 19.4 Å². The van der Waals surface area contributed by atoms with Crippen molar-refractivity contribution < 1.29 is 4.42 Å². The number of aromatic nitrogens is 6. The summed E-state index contributed by atoms with van der Waals surface area (Å²) in [5.74, 6) is 1.67. The largest absolute Gasteiger partial charge is 0.438 e. The van der Waals surface area contributed by atoms with Crippen LogP contribution in [-0.2, 0) is 0 Å². The first-order valence-electron chi connectivity index (χ1n) is 18.3. The van der Waals surface area contributed by atoms with Crippen molar-refractivity contribution >= 4 is 76.5 Å². The summed E-state index contributed by atoms with van der Waals surface area (Å²) >= 11 is 0. The molecule has 12 aromatic rings. The minimum Gasteiger partial charge on any atom is -0.438 e. The molecule has 0 saturated heterocycles. The van der Waals surface area contributed by atoms with Crippen molar-refractivity contribution in [2.24, 2.45) is 0 Å². The number of benzene rings is 7. The van der Waals surface area contributed by atoms with Gasteiger partial charge in [-0.25, -0.2) is 9.97 Å². The highest BCUT2D eigenvalue weighted by molar-refractivity contribution is 6.13. The molecule has 12 rings (SSSR count). The molecule has 7 aromatic carbocycles. The molecule has 0 atom stereocenters. The zero-order valence-corrected chi connectivity index (χ0v) is 29.3.